The molecule has 0 unspecified atom stereocenters. The van der Waals surface area contributed by atoms with Crippen LogP contribution < -0.4 is 10.6 Å². The average molecular weight is 718 g/mol. The SMILES string of the molecule is CP(C)c1ccccc1.CP(C)c1ccccc1.Cc1ccc([N]=[W]([Cl])([Cl])=[C]2CCCCC2)cc1. The van der Waals surface area contributed by atoms with E-state index in [2.05, 4.69) is 110 Å². The normalized spacial score (nSPS) is 13.5. The summed E-state index contributed by atoms with van der Waals surface area (Å²) in [4.78, 5) is 0. The first-order chi connectivity index (χ1) is 16.7. The minimum atomic E-state index is -3.34. The molecule has 0 aliphatic heterocycles. The molecule has 3 aromatic carbocycles. The summed E-state index contributed by atoms with van der Waals surface area (Å²) in [7, 11) is 13.3. The van der Waals surface area contributed by atoms with Gasteiger partial charge in [-0.2, -0.15) is 0 Å². The van der Waals surface area contributed by atoms with Crippen LogP contribution in [0.3, 0.4) is 0 Å². The van der Waals surface area contributed by atoms with Gasteiger partial charge in [-0.25, -0.2) is 0 Å². The van der Waals surface area contributed by atoms with Crippen LogP contribution in [-0.4, -0.2) is 30.6 Å². The van der Waals surface area contributed by atoms with E-state index >= 15 is 0 Å². The molecule has 6 heteroatoms. The van der Waals surface area contributed by atoms with Gasteiger partial charge in [-0.1, -0.05) is 76.5 Å². The molecule has 1 nitrogen and oxygen atoms in total. The molecule has 1 saturated carbocycles. The van der Waals surface area contributed by atoms with E-state index in [-0.39, 0.29) is 15.8 Å². The fourth-order valence-corrected chi connectivity index (χ4v) is 13.5. The van der Waals surface area contributed by atoms with Crippen molar-refractivity contribution in [2.24, 2.45) is 3.50 Å². The molecule has 1 aliphatic carbocycles. The van der Waals surface area contributed by atoms with Gasteiger partial charge in [-0.3, -0.25) is 0 Å². The van der Waals surface area contributed by atoms with Gasteiger partial charge in [0, 0.05) is 0 Å². The van der Waals surface area contributed by atoms with Crippen LogP contribution in [0.4, 0.5) is 5.69 Å². The van der Waals surface area contributed by atoms with Gasteiger partial charge < -0.3 is 0 Å². The van der Waals surface area contributed by atoms with E-state index in [0.717, 1.165) is 18.5 Å². The maximum atomic E-state index is 6.56. The van der Waals surface area contributed by atoms with Crippen molar-refractivity contribution in [3.8, 4) is 0 Å². The summed E-state index contributed by atoms with van der Waals surface area (Å²) in [6, 6.07) is 29.4. The summed E-state index contributed by atoms with van der Waals surface area (Å²) in [5.74, 6) is 0. The minimum absolute atomic E-state index is 0.104. The fraction of sp³-hybridized carbons (Fsp3) is 0.345. The van der Waals surface area contributed by atoms with Gasteiger partial charge in [-0.15, -0.1) is 0 Å². The van der Waals surface area contributed by atoms with E-state index in [0.29, 0.717) is 0 Å². The average Bonchev–Trinajstić information content (AvgIpc) is 2.88. The van der Waals surface area contributed by atoms with Crippen LogP contribution in [0.2, 0.25) is 0 Å². The molecule has 0 N–H and O–H groups in total. The molecule has 0 radical (unpaired) electrons. The van der Waals surface area contributed by atoms with Gasteiger partial charge in [0.1, 0.15) is 0 Å². The molecule has 0 spiro atoms. The van der Waals surface area contributed by atoms with Crippen molar-refractivity contribution in [1.29, 1.82) is 0 Å². The molecule has 0 atom stereocenters. The Hall–Kier alpha value is -0.542. The van der Waals surface area contributed by atoms with E-state index < -0.39 is 13.3 Å². The Kier molecular flexibility index (Phi) is 14.3. The summed E-state index contributed by atoms with van der Waals surface area (Å²) in [5, 5.41) is 2.96. The topological polar surface area (TPSA) is 12.4 Å². The summed E-state index contributed by atoms with van der Waals surface area (Å²) in [6.45, 7) is 11.1. The van der Waals surface area contributed by atoms with Crippen LogP contribution in [-0.2, 0) is 13.3 Å². The quantitative estimate of drug-likeness (QED) is 0.240. The van der Waals surface area contributed by atoms with Crippen molar-refractivity contribution in [2.45, 2.75) is 39.0 Å². The third-order valence-corrected chi connectivity index (χ3v) is 18.5. The number of nitrogens with zero attached hydrogens (tertiary/aromatic N) is 1. The summed E-state index contributed by atoms with van der Waals surface area (Å²) in [6.07, 6.45) is 5.96. The van der Waals surface area contributed by atoms with Gasteiger partial charge >= 0.3 is 114 Å². The monoisotopic (exact) mass is 717 g/mol. The number of aryl methyl sites for hydroxylation is 1. The zero-order valence-corrected chi connectivity index (χ0v) is 27.9. The second kappa shape index (κ2) is 16.3. The van der Waals surface area contributed by atoms with E-state index in [9.17, 15) is 0 Å². The summed E-state index contributed by atoms with van der Waals surface area (Å²) in [5.41, 5.74) is 2.17. The number of benzene rings is 3. The van der Waals surface area contributed by atoms with Crippen molar-refractivity contribution in [2.75, 3.05) is 26.7 Å². The Labute approximate surface area is 226 Å². The van der Waals surface area contributed by atoms with Gasteiger partial charge in [0.2, 0.25) is 0 Å². The predicted molar refractivity (Wildman–Crippen MR) is 163 cm³/mol. The first-order valence-corrected chi connectivity index (χ1v) is 26.5. The van der Waals surface area contributed by atoms with Crippen LogP contribution in [0.25, 0.3) is 0 Å². The molecule has 3 aromatic rings. The molecule has 0 amide bonds. The first kappa shape index (κ1) is 30.7. The molecular formula is C29H39Cl2NP2W. The molecule has 0 bridgehead atoms. The Bertz CT molecular complexity index is 1060. The van der Waals surface area contributed by atoms with Crippen molar-refractivity contribution in [3.05, 3.63) is 90.5 Å². The first-order valence-electron chi connectivity index (χ1n) is 12.0. The molecule has 35 heavy (non-hydrogen) atoms. The summed E-state index contributed by atoms with van der Waals surface area (Å²) < 4.78 is 6.03. The van der Waals surface area contributed by atoms with Gasteiger partial charge in [0.05, 0.1) is 0 Å². The zero-order valence-electron chi connectivity index (χ0n) is 21.6. The Balaban J connectivity index is 0.000000203. The van der Waals surface area contributed by atoms with E-state index in [1.54, 1.807) is 0 Å². The fourth-order valence-electron chi connectivity index (χ4n) is 3.45. The predicted octanol–water partition coefficient (Wildman–Crippen LogP) is 9.51. The van der Waals surface area contributed by atoms with Crippen LogP contribution in [0.15, 0.2) is 88.4 Å². The van der Waals surface area contributed by atoms with Crippen LogP contribution in [0.5, 0.6) is 0 Å². The molecule has 4 rings (SSSR count). The van der Waals surface area contributed by atoms with E-state index in [1.165, 1.54) is 39.3 Å². The standard InChI is InChI=1S/2C8H11P.C7H7N.C6H10.2ClH.W/c2*1-9(2)8-6-4-3-5-7-8;1-6-2-4-7(8)5-3-6;1-2-4-6-5-3-1;;;/h2*3-7H,1-2H3;2-5H,1H3;1-5H2;2*1H;/q;;;;;;+2/p-2. The van der Waals surface area contributed by atoms with Crippen molar-refractivity contribution in [3.63, 3.8) is 0 Å². The molecule has 0 saturated heterocycles. The van der Waals surface area contributed by atoms with Gasteiger partial charge in [-0.05, 0) is 37.3 Å². The molecule has 190 valence electrons. The number of hydrogen-bond acceptors (Lipinski definition) is 1. The zero-order chi connectivity index (χ0) is 25.7. The molecule has 0 heterocycles. The third-order valence-electron chi connectivity index (χ3n) is 5.56. The third kappa shape index (κ3) is 12.0. The molecule has 1 aliphatic rings. The van der Waals surface area contributed by atoms with Gasteiger partial charge in [0.15, 0.2) is 0 Å². The maximum absolute atomic E-state index is 6.56. The van der Waals surface area contributed by atoms with Crippen LogP contribution in [0, 0.1) is 6.92 Å². The molecule has 0 aromatic heterocycles. The molecule has 1 fully saturated rings. The molecular weight excluding hydrogens is 679 g/mol. The van der Waals surface area contributed by atoms with Crippen molar-refractivity contribution >= 4 is 54.9 Å². The Morgan fingerprint density at radius 3 is 1.43 bits per heavy atom. The Morgan fingerprint density at radius 2 is 1.06 bits per heavy atom. The van der Waals surface area contributed by atoms with Crippen LogP contribution in [0.1, 0.15) is 37.7 Å². The van der Waals surface area contributed by atoms with Crippen molar-refractivity contribution < 1.29 is 13.3 Å². The second-order valence-electron chi connectivity index (χ2n) is 8.93. The second-order valence-corrected chi connectivity index (χ2v) is 28.0. The van der Waals surface area contributed by atoms with Crippen molar-refractivity contribution in [1.82, 2.24) is 0 Å². The van der Waals surface area contributed by atoms with Crippen LogP contribution >= 0.6 is 34.7 Å². The van der Waals surface area contributed by atoms with E-state index in [1.807, 2.05) is 12.1 Å². The Morgan fingerprint density at radius 1 is 0.629 bits per heavy atom. The number of halogens is 2. The van der Waals surface area contributed by atoms with E-state index in [4.69, 9.17) is 18.8 Å². The number of hydrogen-bond donors (Lipinski definition) is 0. The summed E-state index contributed by atoms with van der Waals surface area (Å²) >= 11 is -3.34. The number of rotatable bonds is 3. The van der Waals surface area contributed by atoms with Gasteiger partial charge in [0.25, 0.3) is 0 Å².